The quantitative estimate of drug-likeness (QED) is 0.726. The SMILES string of the molecule is Cc1nccn1-c1nc2sccn2c1CN. The number of hydrogen-bond acceptors (Lipinski definition) is 4. The summed E-state index contributed by atoms with van der Waals surface area (Å²) >= 11 is 1.60. The van der Waals surface area contributed by atoms with Crippen molar-refractivity contribution >= 4 is 16.3 Å². The van der Waals surface area contributed by atoms with Gasteiger partial charge in [0, 0.05) is 30.5 Å². The Balaban J connectivity index is 2.31. The number of fused-ring (bicyclic) bond motifs is 1. The molecule has 0 atom stereocenters. The predicted molar refractivity (Wildman–Crippen MR) is 62.8 cm³/mol. The molecule has 3 rings (SSSR count). The van der Waals surface area contributed by atoms with Crippen LogP contribution in [-0.4, -0.2) is 18.9 Å². The van der Waals surface area contributed by atoms with E-state index in [0.717, 1.165) is 22.3 Å². The summed E-state index contributed by atoms with van der Waals surface area (Å²) in [6, 6.07) is 0. The normalized spacial score (nSPS) is 11.4. The molecule has 3 aromatic heterocycles. The Bertz CT molecular complexity index is 633. The molecule has 0 spiro atoms. The molecule has 0 aromatic carbocycles. The molecular weight excluding hydrogens is 222 g/mol. The highest BCUT2D eigenvalue weighted by Crippen LogP contribution is 2.20. The van der Waals surface area contributed by atoms with Crippen LogP contribution in [0.3, 0.4) is 0 Å². The van der Waals surface area contributed by atoms with Crippen LogP contribution in [0.25, 0.3) is 10.8 Å². The Morgan fingerprint density at radius 2 is 2.31 bits per heavy atom. The fraction of sp³-hybridized carbons (Fsp3) is 0.200. The number of nitrogens with zero attached hydrogens (tertiary/aromatic N) is 4. The van der Waals surface area contributed by atoms with Crippen LogP contribution in [0.1, 0.15) is 11.5 Å². The van der Waals surface area contributed by atoms with E-state index in [0.29, 0.717) is 6.54 Å². The first-order chi connectivity index (χ1) is 7.81. The van der Waals surface area contributed by atoms with Gasteiger partial charge in [-0.05, 0) is 6.92 Å². The molecule has 0 saturated carbocycles. The Kier molecular flexibility index (Phi) is 2.05. The van der Waals surface area contributed by atoms with Gasteiger partial charge in [0.05, 0.1) is 5.69 Å². The summed E-state index contributed by atoms with van der Waals surface area (Å²) in [6.07, 6.45) is 5.66. The van der Waals surface area contributed by atoms with Crippen molar-refractivity contribution in [2.24, 2.45) is 5.73 Å². The molecule has 3 aromatic rings. The molecule has 2 N–H and O–H groups in total. The van der Waals surface area contributed by atoms with Crippen LogP contribution in [0.15, 0.2) is 24.0 Å². The minimum absolute atomic E-state index is 0.463. The molecule has 3 heterocycles. The van der Waals surface area contributed by atoms with E-state index in [9.17, 15) is 0 Å². The summed E-state index contributed by atoms with van der Waals surface area (Å²) in [5.74, 6) is 1.80. The average molecular weight is 233 g/mol. The van der Waals surface area contributed by atoms with Crippen molar-refractivity contribution in [3.05, 3.63) is 35.5 Å². The molecule has 0 amide bonds. The zero-order valence-corrected chi connectivity index (χ0v) is 9.61. The number of nitrogens with two attached hydrogens (primary N) is 1. The average Bonchev–Trinajstić information content (AvgIpc) is 2.90. The third-order valence-electron chi connectivity index (χ3n) is 2.59. The zero-order chi connectivity index (χ0) is 11.1. The minimum Gasteiger partial charge on any atom is -0.325 e. The summed E-state index contributed by atoms with van der Waals surface area (Å²) < 4.78 is 3.99. The number of thiazole rings is 1. The van der Waals surface area contributed by atoms with Gasteiger partial charge >= 0.3 is 0 Å². The van der Waals surface area contributed by atoms with E-state index >= 15 is 0 Å². The topological polar surface area (TPSA) is 61.1 Å². The van der Waals surface area contributed by atoms with Gasteiger partial charge in [-0.1, -0.05) is 0 Å². The summed E-state index contributed by atoms with van der Waals surface area (Å²) in [5.41, 5.74) is 6.80. The van der Waals surface area contributed by atoms with Gasteiger partial charge in [-0.2, -0.15) is 0 Å². The maximum atomic E-state index is 5.79. The first-order valence-corrected chi connectivity index (χ1v) is 5.84. The fourth-order valence-electron chi connectivity index (χ4n) is 1.81. The molecule has 5 nitrogen and oxygen atoms in total. The van der Waals surface area contributed by atoms with Crippen molar-refractivity contribution < 1.29 is 0 Å². The molecule has 0 unspecified atom stereocenters. The molecule has 0 radical (unpaired) electrons. The first kappa shape index (κ1) is 9.56. The van der Waals surface area contributed by atoms with Crippen molar-refractivity contribution in [2.75, 3.05) is 0 Å². The van der Waals surface area contributed by atoms with Gasteiger partial charge in [-0.3, -0.25) is 8.97 Å². The second kappa shape index (κ2) is 3.43. The fourth-order valence-corrected chi connectivity index (χ4v) is 2.53. The third kappa shape index (κ3) is 1.20. The van der Waals surface area contributed by atoms with E-state index in [1.54, 1.807) is 17.5 Å². The largest absolute Gasteiger partial charge is 0.325 e. The molecular formula is C10H11N5S. The lowest BCUT2D eigenvalue weighted by Gasteiger charge is -2.03. The molecule has 6 heteroatoms. The van der Waals surface area contributed by atoms with E-state index in [1.807, 2.05) is 33.7 Å². The molecule has 0 fully saturated rings. The van der Waals surface area contributed by atoms with Gasteiger partial charge in [-0.15, -0.1) is 11.3 Å². The lowest BCUT2D eigenvalue weighted by Crippen LogP contribution is -2.06. The van der Waals surface area contributed by atoms with Crippen LogP contribution in [0.4, 0.5) is 0 Å². The molecule has 0 aliphatic carbocycles. The first-order valence-electron chi connectivity index (χ1n) is 4.96. The molecule has 0 saturated heterocycles. The highest BCUT2D eigenvalue weighted by Gasteiger charge is 2.14. The lowest BCUT2D eigenvalue weighted by molar-refractivity contribution is 0.888. The van der Waals surface area contributed by atoms with Crippen molar-refractivity contribution in [1.82, 2.24) is 18.9 Å². The zero-order valence-electron chi connectivity index (χ0n) is 8.79. The minimum atomic E-state index is 0.463. The Morgan fingerprint density at radius 1 is 1.44 bits per heavy atom. The number of hydrogen-bond donors (Lipinski definition) is 1. The standard InChI is InChI=1S/C10H11N5S/c1-7-12-2-3-14(7)9-8(6-11)15-4-5-16-10(15)13-9/h2-5H,6,11H2,1H3. The molecule has 0 aliphatic rings. The smallest absolute Gasteiger partial charge is 0.195 e. The monoisotopic (exact) mass is 233 g/mol. The summed E-state index contributed by atoms with van der Waals surface area (Å²) in [5, 5.41) is 2.01. The number of aryl methyl sites for hydroxylation is 1. The third-order valence-corrected chi connectivity index (χ3v) is 3.34. The van der Waals surface area contributed by atoms with E-state index in [2.05, 4.69) is 9.97 Å². The van der Waals surface area contributed by atoms with Crippen molar-refractivity contribution in [2.45, 2.75) is 13.5 Å². The molecule has 0 bridgehead atoms. The maximum absolute atomic E-state index is 5.79. The van der Waals surface area contributed by atoms with Crippen LogP contribution >= 0.6 is 11.3 Å². The van der Waals surface area contributed by atoms with Gasteiger partial charge in [-0.25, -0.2) is 9.97 Å². The summed E-state index contributed by atoms with van der Waals surface area (Å²) in [7, 11) is 0. The highest BCUT2D eigenvalue weighted by atomic mass is 32.1. The van der Waals surface area contributed by atoms with Crippen molar-refractivity contribution in [3.63, 3.8) is 0 Å². The van der Waals surface area contributed by atoms with Crippen LogP contribution in [0.5, 0.6) is 0 Å². The second-order valence-corrected chi connectivity index (χ2v) is 4.36. The van der Waals surface area contributed by atoms with E-state index in [1.165, 1.54) is 0 Å². The Morgan fingerprint density at radius 3 is 3.00 bits per heavy atom. The van der Waals surface area contributed by atoms with Crippen LogP contribution in [0, 0.1) is 6.92 Å². The molecule has 0 aliphatic heterocycles. The second-order valence-electron chi connectivity index (χ2n) is 3.49. The summed E-state index contributed by atoms with van der Waals surface area (Å²) in [4.78, 5) is 9.73. The van der Waals surface area contributed by atoms with Crippen LogP contribution in [0.2, 0.25) is 0 Å². The van der Waals surface area contributed by atoms with Gasteiger partial charge in [0.2, 0.25) is 0 Å². The number of aromatic nitrogens is 4. The van der Waals surface area contributed by atoms with E-state index < -0.39 is 0 Å². The predicted octanol–water partition coefficient (Wildman–Crippen LogP) is 1.35. The highest BCUT2D eigenvalue weighted by molar-refractivity contribution is 7.15. The number of rotatable bonds is 2. The maximum Gasteiger partial charge on any atom is 0.195 e. The van der Waals surface area contributed by atoms with Crippen LogP contribution < -0.4 is 5.73 Å². The summed E-state index contributed by atoms with van der Waals surface area (Å²) in [6.45, 7) is 2.42. The van der Waals surface area contributed by atoms with Crippen molar-refractivity contribution in [1.29, 1.82) is 0 Å². The van der Waals surface area contributed by atoms with Gasteiger partial charge in [0.25, 0.3) is 0 Å². The Labute approximate surface area is 96.2 Å². The van der Waals surface area contributed by atoms with Gasteiger partial charge in [0.1, 0.15) is 5.82 Å². The molecule has 82 valence electrons. The van der Waals surface area contributed by atoms with Gasteiger partial charge < -0.3 is 5.73 Å². The lowest BCUT2D eigenvalue weighted by atomic mass is 10.4. The van der Waals surface area contributed by atoms with Crippen molar-refractivity contribution in [3.8, 4) is 5.82 Å². The number of imidazole rings is 2. The van der Waals surface area contributed by atoms with Gasteiger partial charge in [0.15, 0.2) is 10.8 Å². The van der Waals surface area contributed by atoms with Crippen LogP contribution in [-0.2, 0) is 6.54 Å². The van der Waals surface area contributed by atoms with E-state index in [-0.39, 0.29) is 0 Å². The Hall–Kier alpha value is -1.66. The molecule has 16 heavy (non-hydrogen) atoms. The van der Waals surface area contributed by atoms with E-state index in [4.69, 9.17) is 5.73 Å².